The van der Waals surface area contributed by atoms with E-state index in [1.165, 1.54) is 26.2 Å². The van der Waals surface area contributed by atoms with Crippen LogP contribution >= 0.6 is 23.2 Å². The van der Waals surface area contributed by atoms with E-state index >= 15 is 0 Å². The van der Waals surface area contributed by atoms with Crippen molar-refractivity contribution in [3.8, 4) is 11.5 Å². The van der Waals surface area contributed by atoms with E-state index in [2.05, 4.69) is 0 Å². The Morgan fingerprint density at radius 1 is 1.29 bits per heavy atom. The highest BCUT2D eigenvalue weighted by molar-refractivity contribution is 6.37. The SMILES string of the molecule is COc1cc(Cl)c(OC(C)=O)c(Cl)c1. The summed E-state index contributed by atoms with van der Waals surface area (Å²) >= 11 is 11.6. The van der Waals surface area contributed by atoms with E-state index in [9.17, 15) is 4.79 Å². The molecule has 0 saturated carbocycles. The van der Waals surface area contributed by atoms with E-state index < -0.39 is 5.97 Å². The van der Waals surface area contributed by atoms with Gasteiger partial charge in [-0.2, -0.15) is 0 Å². The number of esters is 1. The van der Waals surface area contributed by atoms with Crippen molar-refractivity contribution >= 4 is 29.2 Å². The molecule has 0 saturated heterocycles. The first-order valence-electron chi connectivity index (χ1n) is 3.76. The van der Waals surface area contributed by atoms with E-state index in [1.807, 2.05) is 0 Å². The van der Waals surface area contributed by atoms with Gasteiger partial charge in [0, 0.05) is 19.1 Å². The summed E-state index contributed by atoms with van der Waals surface area (Å²) in [6.45, 7) is 1.27. The molecule has 5 heteroatoms. The van der Waals surface area contributed by atoms with Gasteiger partial charge in [0.25, 0.3) is 0 Å². The van der Waals surface area contributed by atoms with Crippen LogP contribution in [0.5, 0.6) is 11.5 Å². The van der Waals surface area contributed by atoms with Gasteiger partial charge in [0.1, 0.15) is 5.75 Å². The molecule has 3 nitrogen and oxygen atoms in total. The van der Waals surface area contributed by atoms with Crippen molar-refractivity contribution < 1.29 is 14.3 Å². The molecule has 0 fully saturated rings. The Balaban J connectivity index is 3.11. The summed E-state index contributed by atoms with van der Waals surface area (Å²) in [5.41, 5.74) is 0. The van der Waals surface area contributed by atoms with Crippen molar-refractivity contribution in [3.05, 3.63) is 22.2 Å². The summed E-state index contributed by atoms with van der Waals surface area (Å²) in [4.78, 5) is 10.7. The standard InChI is InChI=1S/C9H8Cl2O3/c1-5(12)14-9-7(10)3-6(13-2)4-8(9)11/h3-4H,1-2H3. The molecular weight excluding hydrogens is 227 g/mol. The zero-order valence-corrected chi connectivity index (χ0v) is 9.15. The fourth-order valence-electron chi connectivity index (χ4n) is 0.896. The highest BCUT2D eigenvalue weighted by Gasteiger charge is 2.11. The number of methoxy groups -OCH3 is 1. The number of benzene rings is 1. The minimum atomic E-state index is -0.473. The van der Waals surface area contributed by atoms with Gasteiger partial charge in [0.05, 0.1) is 17.2 Å². The lowest BCUT2D eigenvalue weighted by atomic mass is 10.3. The summed E-state index contributed by atoms with van der Waals surface area (Å²) in [5, 5.41) is 0.481. The molecule has 0 heterocycles. The van der Waals surface area contributed by atoms with Gasteiger partial charge in [-0.3, -0.25) is 4.79 Å². The summed E-state index contributed by atoms with van der Waals surface area (Å²) in [6.07, 6.45) is 0. The predicted molar refractivity (Wildman–Crippen MR) is 54.3 cm³/mol. The molecule has 0 atom stereocenters. The third-order valence-corrected chi connectivity index (χ3v) is 2.01. The van der Waals surface area contributed by atoms with Gasteiger partial charge in [0.2, 0.25) is 0 Å². The van der Waals surface area contributed by atoms with Crippen LogP contribution in [0.2, 0.25) is 10.0 Å². The zero-order chi connectivity index (χ0) is 10.7. The summed E-state index contributed by atoms with van der Waals surface area (Å²) in [7, 11) is 1.49. The van der Waals surface area contributed by atoms with Gasteiger partial charge in [-0.25, -0.2) is 0 Å². The van der Waals surface area contributed by atoms with Crippen molar-refractivity contribution in [3.63, 3.8) is 0 Å². The van der Waals surface area contributed by atoms with Gasteiger partial charge in [0.15, 0.2) is 5.75 Å². The molecule has 0 unspecified atom stereocenters. The largest absolute Gasteiger partial charge is 0.497 e. The molecule has 1 rings (SSSR count). The minimum Gasteiger partial charge on any atom is -0.497 e. The fraction of sp³-hybridized carbons (Fsp3) is 0.222. The quantitative estimate of drug-likeness (QED) is 0.584. The summed E-state index contributed by atoms with van der Waals surface area (Å²) in [6, 6.07) is 3.04. The van der Waals surface area contributed by atoms with Crippen LogP contribution < -0.4 is 9.47 Å². The number of ether oxygens (including phenoxy) is 2. The molecule has 76 valence electrons. The normalized spacial score (nSPS) is 9.71. The Labute approximate surface area is 91.5 Å². The van der Waals surface area contributed by atoms with Gasteiger partial charge in [-0.05, 0) is 0 Å². The molecule has 0 aliphatic heterocycles. The number of hydrogen-bond acceptors (Lipinski definition) is 3. The highest BCUT2D eigenvalue weighted by atomic mass is 35.5. The van der Waals surface area contributed by atoms with Crippen LogP contribution in [0.3, 0.4) is 0 Å². The maximum absolute atomic E-state index is 10.7. The molecule has 0 radical (unpaired) electrons. The lowest BCUT2D eigenvalue weighted by Crippen LogP contribution is -2.02. The monoisotopic (exact) mass is 234 g/mol. The molecule has 1 aromatic carbocycles. The lowest BCUT2D eigenvalue weighted by molar-refractivity contribution is -0.131. The van der Waals surface area contributed by atoms with Gasteiger partial charge < -0.3 is 9.47 Å². The van der Waals surface area contributed by atoms with Crippen LogP contribution in [-0.2, 0) is 4.79 Å². The first-order chi connectivity index (χ1) is 6.54. The molecule has 0 aromatic heterocycles. The zero-order valence-electron chi connectivity index (χ0n) is 7.64. The average molecular weight is 235 g/mol. The second-order valence-electron chi connectivity index (χ2n) is 2.51. The molecule has 0 aliphatic carbocycles. The lowest BCUT2D eigenvalue weighted by Gasteiger charge is -2.08. The van der Waals surface area contributed by atoms with Crippen LogP contribution in [-0.4, -0.2) is 13.1 Å². The van der Waals surface area contributed by atoms with Crippen molar-refractivity contribution in [1.29, 1.82) is 0 Å². The molecule has 0 spiro atoms. The predicted octanol–water partition coefficient (Wildman–Crippen LogP) is 2.93. The van der Waals surface area contributed by atoms with Crippen molar-refractivity contribution in [1.82, 2.24) is 0 Å². The molecule has 1 aromatic rings. The van der Waals surface area contributed by atoms with E-state index in [-0.39, 0.29) is 15.8 Å². The molecule has 14 heavy (non-hydrogen) atoms. The maximum atomic E-state index is 10.7. The fourth-order valence-corrected chi connectivity index (χ4v) is 1.44. The topological polar surface area (TPSA) is 35.5 Å². The minimum absolute atomic E-state index is 0.154. The maximum Gasteiger partial charge on any atom is 0.308 e. The van der Waals surface area contributed by atoms with E-state index in [0.29, 0.717) is 5.75 Å². The van der Waals surface area contributed by atoms with E-state index in [0.717, 1.165) is 0 Å². The second kappa shape index (κ2) is 4.53. The summed E-state index contributed by atoms with van der Waals surface area (Å²) < 4.78 is 9.74. The van der Waals surface area contributed by atoms with Gasteiger partial charge in [-0.1, -0.05) is 23.2 Å². The first-order valence-corrected chi connectivity index (χ1v) is 4.51. The number of carbonyl (C=O) groups excluding carboxylic acids is 1. The smallest absolute Gasteiger partial charge is 0.308 e. The van der Waals surface area contributed by atoms with Crippen LogP contribution in [0.25, 0.3) is 0 Å². The third kappa shape index (κ3) is 2.53. The van der Waals surface area contributed by atoms with Crippen LogP contribution in [0.4, 0.5) is 0 Å². The van der Waals surface area contributed by atoms with Crippen molar-refractivity contribution in [2.45, 2.75) is 6.92 Å². The third-order valence-electron chi connectivity index (χ3n) is 1.45. The Hall–Kier alpha value is -0.930. The van der Waals surface area contributed by atoms with E-state index in [4.69, 9.17) is 32.7 Å². The Morgan fingerprint density at radius 3 is 2.14 bits per heavy atom. The molecule has 0 bridgehead atoms. The Morgan fingerprint density at radius 2 is 1.79 bits per heavy atom. The molecule has 0 amide bonds. The van der Waals surface area contributed by atoms with Gasteiger partial charge in [-0.15, -0.1) is 0 Å². The van der Waals surface area contributed by atoms with Crippen molar-refractivity contribution in [2.24, 2.45) is 0 Å². The van der Waals surface area contributed by atoms with E-state index in [1.54, 1.807) is 0 Å². The number of rotatable bonds is 2. The molecule has 0 N–H and O–H groups in total. The number of carbonyl (C=O) groups is 1. The Kier molecular flexibility index (Phi) is 3.61. The van der Waals surface area contributed by atoms with Crippen LogP contribution in [0, 0.1) is 0 Å². The van der Waals surface area contributed by atoms with Crippen molar-refractivity contribution in [2.75, 3.05) is 7.11 Å². The molecular formula is C9H8Cl2O3. The first kappa shape index (κ1) is 11.1. The number of halogens is 2. The molecule has 0 aliphatic rings. The average Bonchev–Trinajstić information content (AvgIpc) is 2.10. The van der Waals surface area contributed by atoms with Crippen LogP contribution in [0.1, 0.15) is 6.92 Å². The summed E-state index contributed by atoms with van der Waals surface area (Å²) in [5.74, 6) is 0.191. The van der Waals surface area contributed by atoms with Crippen LogP contribution in [0.15, 0.2) is 12.1 Å². The van der Waals surface area contributed by atoms with Gasteiger partial charge >= 0.3 is 5.97 Å². The Bertz CT molecular complexity index is 340. The second-order valence-corrected chi connectivity index (χ2v) is 3.33. The highest BCUT2D eigenvalue weighted by Crippen LogP contribution is 2.36. The number of hydrogen-bond donors (Lipinski definition) is 0.